The number of nitro groups is 1. The number of halogens is 1. The average molecular weight is 300 g/mol. The summed E-state index contributed by atoms with van der Waals surface area (Å²) in [5, 5.41) is 14.4. The van der Waals surface area contributed by atoms with Gasteiger partial charge in [0.05, 0.1) is 18.1 Å². The van der Waals surface area contributed by atoms with E-state index in [9.17, 15) is 10.1 Å². The third kappa shape index (κ3) is 2.75. The van der Waals surface area contributed by atoms with Crippen LogP contribution in [0.15, 0.2) is 0 Å². The fourth-order valence-electron chi connectivity index (χ4n) is 2.10. The highest BCUT2D eigenvalue weighted by atomic mass is 35.5. The Morgan fingerprint density at radius 2 is 2.05 bits per heavy atom. The predicted molar refractivity (Wildman–Crippen MR) is 73.4 cm³/mol. The van der Waals surface area contributed by atoms with Crippen LogP contribution in [0.2, 0.25) is 5.28 Å². The van der Waals surface area contributed by atoms with Gasteiger partial charge in [-0.05, 0) is 24.4 Å². The Morgan fingerprint density at radius 3 is 2.65 bits per heavy atom. The van der Waals surface area contributed by atoms with Crippen molar-refractivity contribution in [2.45, 2.75) is 18.9 Å². The third-order valence-corrected chi connectivity index (χ3v) is 3.42. The van der Waals surface area contributed by atoms with E-state index < -0.39 is 4.92 Å². The van der Waals surface area contributed by atoms with E-state index >= 15 is 0 Å². The van der Waals surface area contributed by atoms with Crippen LogP contribution in [0.3, 0.4) is 0 Å². The number of nitrogens with one attached hydrogen (secondary N) is 1. The largest absolute Gasteiger partial charge is 0.378 e. The van der Waals surface area contributed by atoms with Crippen LogP contribution >= 0.6 is 11.6 Å². The predicted octanol–water partition coefficient (Wildman–Crippen LogP) is 1.45. The van der Waals surface area contributed by atoms with E-state index in [-0.39, 0.29) is 28.6 Å². The molecule has 2 aliphatic rings. The molecular formula is C11H14ClN5O3. The SMILES string of the molecule is O=[N+]([O-])c1c(NC2CC2)nc(Cl)nc1N1CCOCC1. The Hall–Kier alpha value is -1.67. The van der Waals surface area contributed by atoms with Crippen molar-refractivity contribution in [1.29, 1.82) is 0 Å². The molecule has 9 heteroatoms. The molecule has 1 saturated heterocycles. The molecule has 0 atom stereocenters. The van der Waals surface area contributed by atoms with Crippen LogP contribution in [0.1, 0.15) is 12.8 Å². The van der Waals surface area contributed by atoms with Crippen molar-refractivity contribution in [3.05, 3.63) is 15.4 Å². The first kappa shape index (κ1) is 13.3. The molecule has 1 N–H and O–H groups in total. The van der Waals surface area contributed by atoms with Gasteiger partial charge in [-0.2, -0.15) is 9.97 Å². The molecule has 0 spiro atoms. The monoisotopic (exact) mass is 299 g/mol. The number of rotatable bonds is 4. The average Bonchev–Trinajstić information content (AvgIpc) is 3.22. The minimum Gasteiger partial charge on any atom is -0.378 e. The van der Waals surface area contributed by atoms with Gasteiger partial charge in [-0.25, -0.2) is 0 Å². The van der Waals surface area contributed by atoms with Crippen LogP contribution in [-0.4, -0.2) is 47.2 Å². The molecule has 8 nitrogen and oxygen atoms in total. The molecule has 108 valence electrons. The zero-order valence-electron chi connectivity index (χ0n) is 10.7. The minimum absolute atomic E-state index is 0.0141. The van der Waals surface area contributed by atoms with Crippen molar-refractivity contribution >= 4 is 28.9 Å². The second kappa shape index (κ2) is 5.37. The van der Waals surface area contributed by atoms with Crippen molar-refractivity contribution < 1.29 is 9.66 Å². The van der Waals surface area contributed by atoms with E-state index in [0.717, 1.165) is 12.8 Å². The Balaban J connectivity index is 2.00. The maximum absolute atomic E-state index is 11.4. The van der Waals surface area contributed by atoms with E-state index in [0.29, 0.717) is 26.3 Å². The van der Waals surface area contributed by atoms with E-state index in [2.05, 4.69) is 15.3 Å². The van der Waals surface area contributed by atoms with Crippen LogP contribution < -0.4 is 10.2 Å². The molecule has 0 amide bonds. The fourth-order valence-corrected chi connectivity index (χ4v) is 2.27. The zero-order chi connectivity index (χ0) is 14.1. The van der Waals surface area contributed by atoms with Gasteiger partial charge in [-0.1, -0.05) is 0 Å². The molecule has 2 heterocycles. The maximum Gasteiger partial charge on any atom is 0.353 e. The van der Waals surface area contributed by atoms with Gasteiger partial charge in [0.15, 0.2) is 0 Å². The summed E-state index contributed by atoms with van der Waals surface area (Å²) in [6.07, 6.45) is 1.98. The molecule has 20 heavy (non-hydrogen) atoms. The Labute approximate surface area is 120 Å². The van der Waals surface area contributed by atoms with Gasteiger partial charge in [0.2, 0.25) is 16.9 Å². The summed E-state index contributed by atoms with van der Waals surface area (Å²) in [5.74, 6) is 0.473. The summed E-state index contributed by atoms with van der Waals surface area (Å²) in [6.45, 7) is 2.14. The Morgan fingerprint density at radius 1 is 1.35 bits per heavy atom. The van der Waals surface area contributed by atoms with Gasteiger partial charge in [-0.3, -0.25) is 10.1 Å². The zero-order valence-corrected chi connectivity index (χ0v) is 11.5. The number of hydrogen-bond acceptors (Lipinski definition) is 7. The van der Waals surface area contributed by atoms with Crippen LogP contribution in [0.4, 0.5) is 17.3 Å². The molecule has 3 rings (SSSR count). The van der Waals surface area contributed by atoms with Gasteiger partial charge < -0.3 is 15.0 Å². The summed E-state index contributed by atoms with van der Waals surface area (Å²) in [7, 11) is 0. The number of nitrogens with zero attached hydrogens (tertiary/aromatic N) is 4. The van der Waals surface area contributed by atoms with Gasteiger partial charge in [0.1, 0.15) is 0 Å². The van der Waals surface area contributed by atoms with E-state index in [4.69, 9.17) is 16.3 Å². The highest BCUT2D eigenvalue weighted by molar-refractivity contribution is 6.28. The first-order valence-electron chi connectivity index (χ1n) is 6.46. The maximum atomic E-state index is 11.4. The van der Waals surface area contributed by atoms with Crippen molar-refractivity contribution in [2.24, 2.45) is 0 Å². The van der Waals surface area contributed by atoms with Crippen molar-refractivity contribution in [2.75, 3.05) is 36.5 Å². The quantitative estimate of drug-likeness (QED) is 0.511. The molecule has 0 aromatic carbocycles. The number of hydrogen-bond donors (Lipinski definition) is 1. The van der Waals surface area contributed by atoms with Gasteiger partial charge >= 0.3 is 5.69 Å². The highest BCUT2D eigenvalue weighted by Gasteiger charge is 2.32. The first-order chi connectivity index (χ1) is 9.65. The molecule has 1 saturated carbocycles. The molecule has 2 fully saturated rings. The first-order valence-corrected chi connectivity index (χ1v) is 6.84. The fraction of sp³-hybridized carbons (Fsp3) is 0.636. The molecular weight excluding hydrogens is 286 g/mol. The van der Waals surface area contributed by atoms with Crippen molar-refractivity contribution in [3.8, 4) is 0 Å². The minimum atomic E-state index is -0.453. The smallest absolute Gasteiger partial charge is 0.353 e. The molecule has 1 aliphatic carbocycles. The summed E-state index contributed by atoms with van der Waals surface area (Å²) in [5.41, 5.74) is -0.108. The second-order valence-corrected chi connectivity index (χ2v) is 5.13. The molecule has 1 aliphatic heterocycles. The van der Waals surface area contributed by atoms with Gasteiger partial charge in [0.25, 0.3) is 0 Å². The molecule has 1 aromatic rings. The molecule has 0 bridgehead atoms. The molecule has 1 aromatic heterocycles. The summed E-state index contributed by atoms with van der Waals surface area (Å²) >= 11 is 5.91. The third-order valence-electron chi connectivity index (χ3n) is 3.25. The normalized spacial score (nSPS) is 18.9. The van der Waals surface area contributed by atoms with Crippen LogP contribution in [0, 0.1) is 10.1 Å². The lowest BCUT2D eigenvalue weighted by Gasteiger charge is -2.27. The summed E-state index contributed by atoms with van der Waals surface area (Å²) in [6, 6.07) is 0.247. The lowest BCUT2D eigenvalue weighted by atomic mass is 10.3. The van der Waals surface area contributed by atoms with Crippen molar-refractivity contribution in [1.82, 2.24) is 9.97 Å². The van der Waals surface area contributed by atoms with E-state index in [1.54, 1.807) is 0 Å². The van der Waals surface area contributed by atoms with Crippen LogP contribution in [0.5, 0.6) is 0 Å². The molecule has 0 radical (unpaired) electrons. The number of aromatic nitrogens is 2. The van der Waals surface area contributed by atoms with Crippen LogP contribution in [0.25, 0.3) is 0 Å². The van der Waals surface area contributed by atoms with Crippen molar-refractivity contribution in [3.63, 3.8) is 0 Å². The number of anilines is 2. The lowest BCUT2D eigenvalue weighted by molar-refractivity contribution is -0.383. The molecule has 0 unspecified atom stereocenters. The summed E-state index contributed by atoms with van der Waals surface area (Å²) < 4.78 is 5.25. The van der Waals surface area contributed by atoms with Gasteiger partial charge in [-0.15, -0.1) is 0 Å². The van der Waals surface area contributed by atoms with Crippen LogP contribution in [-0.2, 0) is 4.74 Å². The Kier molecular flexibility index (Phi) is 3.58. The second-order valence-electron chi connectivity index (χ2n) is 4.79. The van der Waals surface area contributed by atoms with Gasteiger partial charge in [0, 0.05) is 19.1 Å². The highest BCUT2D eigenvalue weighted by Crippen LogP contribution is 2.36. The number of ether oxygens (including phenoxy) is 1. The number of morpholine rings is 1. The Bertz CT molecular complexity index is 531. The topological polar surface area (TPSA) is 93.4 Å². The van der Waals surface area contributed by atoms with E-state index in [1.165, 1.54) is 0 Å². The lowest BCUT2D eigenvalue weighted by Crippen LogP contribution is -2.37. The van der Waals surface area contributed by atoms with E-state index in [1.807, 2.05) is 4.90 Å². The standard InChI is InChI=1S/C11H14ClN5O3/c12-11-14-9(13-7-1-2-7)8(17(18)19)10(15-11)16-3-5-20-6-4-16/h7H,1-6H2,(H,13,14,15). The summed E-state index contributed by atoms with van der Waals surface area (Å²) in [4.78, 5) is 20.8.